The summed E-state index contributed by atoms with van der Waals surface area (Å²) < 4.78 is 0. The van der Waals surface area contributed by atoms with Crippen molar-refractivity contribution in [2.24, 2.45) is 0 Å². The zero-order valence-corrected chi connectivity index (χ0v) is 15.7. The summed E-state index contributed by atoms with van der Waals surface area (Å²) in [6.07, 6.45) is 1.04. The first-order valence-electron chi connectivity index (χ1n) is 7.95. The maximum atomic E-state index is 12.9. The molecule has 3 rings (SSSR count). The molecule has 0 spiro atoms. The van der Waals surface area contributed by atoms with Gasteiger partial charge in [0, 0.05) is 33.9 Å². The summed E-state index contributed by atoms with van der Waals surface area (Å²) in [6, 6.07) is 12.3. The predicted octanol–water partition coefficient (Wildman–Crippen LogP) is 5.18. The first-order valence-corrected chi connectivity index (χ1v) is 10.9. The molecule has 2 heterocycles. The Balaban J connectivity index is 1.71. The maximum Gasteiger partial charge on any atom is 0.255 e. The van der Waals surface area contributed by atoms with Gasteiger partial charge in [-0.2, -0.15) is 11.8 Å². The van der Waals surface area contributed by atoms with Crippen LogP contribution in [0.4, 0.5) is 0 Å². The van der Waals surface area contributed by atoms with Gasteiger partial charge in [0.25, 0.3) is 5.91 Å². The fourth-order valence-corrected chi connectivity index (χ4v) is 5.80. The molecule has 0 bridgehead atoms. The summed E-state index contributed by atoms with van der Waals surface area (Å²) in [6.45, 7) is 3.82. The summed E-state index contributed by atoms with van der Waals surface area (Å²) in [5.74, 6) is 2.19. The molecule has 1 fully saturated rings. The van der Waals surface area contributed by atoms with Crippen molar-refractivity contribution in [1.29, 1.82) is 0 Å². The monoisotopic (exact) mass is 363 g/mol. The smallest absolute Gasteiger partial charge is 0.255 e. The van der Waals surface area contributed by atoms with Gasteiger partial charge >= 0.3 is 0 Å². The van der Waals surface area contributed by atoms with E-state index in [0.29, 0.717) is 5.25 Å². The number of hydrogen-bond acceptors (Lipinski definition) is 4. The van der Waals surface area contributed by atoms with Crippen LogP contribution in [0.3, 0.4) is 0 Å². The highest BCUT2D eigenvalue weighted by molar-refractivity contribution is 7.99. The van der Waals surface area contributed by atoms with E-state index < -0.39 is 0 Å². The van der Waals surface area contributed by atoms with Crippen LogP contribution in [0, 0.1) is 0 Å². The Morgan fingerprint density at radius 3 is 2.91 bits per heavy atom. The lowest BCUT2D eigenvalue weighted by molar-refractivity contribution is 0.0763. The highest BCUT2D eigenvalue weighted by Crippen LogP contribution is 2.37. The number of hydrogen-bond donors (Lipinski definition) is 0. The van der Waals surface area contributed by atoms with Gasteiger partial charge in [-0.3, -0.25) is 4.79 Å². The Labute approximate surface area is 150 Å². The molecule has 5 heteroatoms. The number of amides is 1. The van der Waals surface area contributed by atoms with Crippen LogP contribution < -0.4 is 0 Å². The van der Waals surface area contributed by atoms with Crippen molar-refractivity contribution >= 4 is 40.8 Å². The van der Waals surface area contributed by atoms with Gasteiger partial charge in [0.05, 0.1) is 5.56 Å². The van der Waals surface area contributed by atoms with Gasteiger partial charge in [0.1, 0.15) is 0 Å². The number of benzene rings is 1. The topological polar surface area (TPSA) is 20.3 Å². The molecule has 1 aromatic heterocycles. The van der Waals surface area contributed by atoms with Gasteiger partial charge in [0.2, 0.25) is 0 Å². The minimum Gasteiger partial charge on any atom is -0.338 e. The molecule has 1 saturated heterocycles. The van der Waals surface area contributed by atoms with E-state index in [9.17, 15) is 4.79 Å². The first kappa shape index (κ1) is 16.9. The number of carbonyl (C=O) groups is 1. The Bertz CT molecular complexity index is 641. The summed E-state index contributed by atoms with van der Waals surface area (Å²) in [7, 11) is 0. The predicted molar refractivity (Wildman–Crippen MR) is 103 cm³/mol. The Morgan fingerprint density at radius 2 is 2.13 bits per heavy atom. The van der Waals surface area contributed by atoms with E-state index in [0.717, 1.165) is 41.5 Å². The third-order valence-electron chi connectivity index (χ3n) is 3.91. The number of thiophene rings is 1. The van der Waals surface area contributed by atoms with E-state index in [-0.39, 0.29) is 5.91 Å². The van der Waals surface area contributed by atoms with Gasteiger partial charge in [-0.15, -0.1) is 23.1 Å². The molecule has 1 atom stereocenters. The number of nitrogens with zero attached hydrogens (tertiary/aromatic N) is 1. The quantitative estimate of drug-likeness (QED) is 0.698. The van der Waals surface area contributed by atoms with Crippen LogP contribution in [0.1, 0.15) is 33.8 Å². The van der Waals surface area contributed by atoms with Crippen LogP contribution in [-0.2, 0) is 0 Å². The molecular formula is C18H21NOS3. The van der Waals surface area contributed by atoms with E-state index in [2.05, 4.69) is 30.5 Å². The third kappa shape index (κ3) is 4.14. The largest absolute Gasteiger partial charge is 0.338 e. The van der Waals surface area contributed by atoms with Gasteiger partial charge in [-0.1, -0.05) is 25.1 Å². The number of thioether (sulfide) groups is 2. The second kappa shape index (κ2) is 8.27. The van der Waals surface area contributed by atoms with Crippen molar-refractivity contribution in [2.45, 2.75) is 23.5 Å². The van der Waals surface area contributed by atoms with Crippen molar-refractivity contribution in [3.63, 3.8) is 0 Å². The highest BCUT2D eigenvalue weighted by atomic mass is 32.2. The average molecular weight is 364 g/mol. The fourth-order valence-electron chi connectivity index (χ4n) is 2.77. The molecule has 0 aliphatic carbocycles. The van der Waals surface area contributed by atoms with Crippen molar-refractivity contribution in [3.05, 3.63) is 52.2 Å². The molecule has 1 amide bonds. The van der Waals surface area contributed by atoms with E-state index in [1.54, 1.807) is 11.8 Å². The van der Waals surface area contributed by atoms with E-state index in [1.165, 1.54) is 4.88 Å². The van der Waals surface area contributed by atoms with Gasteiger partial charge in [0.15, 0.2) is 0 Å². The van der Waals surface area contributed by atoms with Crippen LogP contribution in [0.5, 0.6) is 0 Å². The van der Waals surface area contributed by atoms with Crippen molar-refractivity contribution < 1.29 is 4.79 Å². The van der Waals surface area contributed by atoms with E-state index in [1.807, 2.05) is 46.2 Å². The second-order valence-electron chi connectivity index (χ2n) is 5.38. The van der Waals surface area contributed by atoms with E-state index in [4.69, 9.17) is 0 Å². The lowest BCUT2D eigenvalue weighted by atomic mass is 10.1. The molecule has 2 aromatic rings. The number of rotatable bonds is 4. The average Bonchev–Trinajstić information content (AvgIpc) is 3.00. The lowest BCUT2D eigenvalue weighted by Crippen LogP contribution is -2.33. The first-order chi connectivity index (χ1) is 11.3. The maximum absolute atomic E-state index is 12.9. The summed E-state index contributed by atoms with van der Waals surface area (Å²) in [4.78, 5) is 17.5. The molecule has 0 radical (unpaired) electrons. The van der Waals surface area contributed by atoms with Crippen molar-refractivity contribution in [3.8, 4) is 0 Å². The normalized spacial score (nSPS) is 18.7. The Hall–Kier alpha value is -0.910. The molecule has 0 saturated carbocycles. The van der Waals surface area contributed by atoms with Crippen molar-refractivity contribution in [1.82, 2.24) is 4.90 Å². The van der Waals surface area contributed by atoms with Gasteiger partial charge < -0.3 is 4.90 Å². The van der Waals surface area contributed by atoms with Crippen LogP contribution in [0.25, 0.3) is 0 Å². The van der Waals surface area contributed by atoms with Gasteiger partial charge in [-0.05, 0) is 35.8 Å². The summed E-state index contributed by atoms with van der Waals surface area (Å²) in [5, 5.41) is 2.68. The highest BCUT2D eigenvalue weighted by Gasteiger charge is 2.24. The molecule has 1 unspecified atom stereocenters. The van der Waals surface area contributed by atoms with Crippen LogP contribution in [0.15, 0.2) is 46.7 Å². The molecule has 2 nitrogen and oxygen atoms in total. The standard InChI is InChI=1S/C18H21NOS3/c1-2-21-15-7-4-3-6-14(15)18(20)19-10-9-17(23-13-11-19)16-8-5-12-22-16/h3-8,12,17H,2,9-11,13H2,1H3. The SMILES string of the molecule is CCSc1ccccc1C(=O)N1CCSC(c2cccs2)CC1. The molecule has 0 N–H and O–H groups in total. The molecule has 1 aromatic carbocycles. The second-order valence-corrected chi connectivity index (χ2v) is 8.98. The van der Waals surface area contributed by atoms with Crippen LogP contribution >= 0.6 is 34.9 Å². The lowest BCUT2D eigenvalue weighted by Gasteiger charge is -2.21. The summed E-state index contributed by atoms with van der Waals surface area (Å²) in [5.41, 5.74) is 0.860. The fraction of sp³-hybridized carbons (Fsp3) is 0.389. The molecule has 23 heavy (non-hydrogen) atoms. The van der Waals surface area contributed by atoms with Crippen LogP contribution in [0.2, 0.25) is 0 Å². The summed E-state index contributed by atoms with van der Waals surface area (Å²) >= 11 is 5.56. The molecule has 1 aliphatic rings. The molecule has 1 aliphatic heterocycles. The Kier molecular flexibility index (Phi) is 6.08. The molecular weight excluding hydrogens is 342 g/mol. The Morgan fingerprint density at radius 1 is 1.26 bits per heavy atom. The third-order valence-corrected chi connectivity index (χ3v) is 7.31. The zero-order valence-electron chi connectivity index (χ0n) is 13.2. The minimum absolute atomic E-state index is 0.189. The van der Waals surface area contributed by atoms with E-state index >= 15 is 0 Å². The minimum atomic E-state index is 0.189. The van der Waals surface area contributed by atoms with Crippen molar-refractivity contribution in [2.75, 3.05) is 24.6 Å². The number of carbonyl (C=O) groups excluding carboxylic acids is 1. The zero-order chi connectivity index (χ0) is 16.1. The van der Waals surface area contributed by atoms with Gasteiger partial charge in [-0.25, -0.2) is 0 Å². The van der Waals surface area contributed by atoms with Crippen LogP contribution in [-0.4, -0.2) is 35.4 Å². The molecule has 122 valence electrons.